The summed E-state index contributed by atoms with van der Waals surface area (Å²) in [6.45, 7) is 18.0. The summed E-state index contributed by atoms with van der Waals surface area (Å²) < 4.78 is 0. The number of hydrogen-bond acceptors (Lipinski definition) is 4. The van der Waals surface area contributed by atoms with Gasteiger partial charge in [0.1, 0.15) is 0 Å². The van der Waals surface area contributed by atoms with Crippen LogP contribution in [-0.2, 0) is 0 Å². The van der Waals surface area contributed by atoms with Gasteiger partial charge in [-0.05, 0) is 83.5 Å². The van der Waals surface area contributed by atoms with E-state index in [2.05, 4.69) is 49.0 Å². The number of hydrogen-bond donors (Lipinski definition) is 4. The first-order valence-electron chi connectivity index (χ1n) is 8.95. The van der Waals surface area contributed by atoms with Gasteiger partial charge in [-0.1, -0.05) is 27.7 Å². The summed E-state index contributed by atoms with van der Waals surface area (Å²) in [4.78, 5) is 0. The fourth-order valence-electron chi connectivity index (χ4n) is 2.05. The molecule has 0 saturated carbocycles. The molecule has 0 rings (SSSR count). The van der Waals surface area contributed by atoms with E-state index in [0.29, 0.717) is 0 Å². The highest BCUT2D eigenvalue weighted by atomic mass is 79.9. The van der Waals surface area contributed by atoms with Crippen LogP contribution >= 0.6 is 67.9 Å². The minimum Gasteiger partial charge on any atom is -0.317 e. The first-order valence-corrected chi connectivity index (χ1v) is 8.95. The molecule has 0 spiro atoms. The predicted molar refractivity (Wildman–Crippen MR) is 136 cm³/mol. The Labute approximate surface area is 199 Å². The molecule has 160 valence electrons. The third kappa shape index (κ3) is 37.2. The summed E-state index contributed by atoms with van der Waals surface area (Å²) >= 11 is 0. The van der Waals surface area contributed by atoms with Crippen LogP contribution in [0.1, 0.15) is 47.0 Å². The average molecular weight is 624 g/mol. The molecule has 4 nitrogen and oxygen atoms in total. The van der Waals surface area contributed by atoms with E-state index in [-0.39, 0.29) is 67.9 Å². The highest BCUT2D eigenvalue weighted by Crippen LogP contribution is 1.87. The van der Waals surface area contributed by atoms with Crippen molar-refractivity contribution in [2.24, 2.45) is 11.8 Å². The summed E-state index contributed by atoms with van der Waals surface area (Å²) in [6.07, 6.45) is 3.67. The maximum Gasteiger partial charge on any atom is -0.00258 e. The maximum atomic E-state index is 3.50. The van der Waals surface area contributed by atoms with Crippen molar-refractivity contribution in [2.45, 2.75) is 47.0 Å². The lowest BCUT2D eigenvalue weighted by Gasteiger charge is -2.09. The predicted octanol–water partition coefficient (Wildman–Crippen LogP) is 4.14. The molecular formula is C17H44Br4N4. The highest BCUT2D eigenvalue weighted by molar-refractivity contribution is 8.93. The summed E-state index contributed by atoms with van der Waals surface area (Å²) in [5, 5.41) is 13.9. The maximum absolute atomic E-state index is 3.50. The molecule has 0 aromatic carbocycles. The fraction of sp³-hybridized carbons (Fsp3) is 1.00. The van der Waals surface area contributed by atoms with Crippen molar-refractivity contribution < 1.29 is 0 Å². The van der Waals surface area contributed by atoms with E-state index in [1.807, 2.05) is 0 Å². The van der Waals surface area contributed by atoms with Gasteiger partial charge in [-0.3, -0.25) is 0 Å². The molecule has 0 aromatic rings. The van der Waals surface area contributed by atoms with Gasteiger partial charge in [-0.15, -0.1) is 67.9 Å². The number of halogens is 4. The van der Waals surface area contributed by atoms with Crippen LogP contribution in [-0.4, -0.2) is 52.4 Å². The highest BCUT2D eigenvalue weighted by Gasteiger charge is 1.94. The molecule has 0 fully saturated rings. The van der Waals surface area contributed by atoms with Crippen LogP contribution in [0.2, 0.25) is 0 Å². The van der Waals surface area contributed by atoms with Gasteiger partial charge in [0.2, 0.25) is 0 Å². The lowest BCUT2D eigenvalue weighted by Crippen LogP contribution is -2.28. The van der Waals surface area contributed by atoms with Gasteiger partial charge >= 0.3 is 0 Å². The molecule has 0 aliphatic carbocycles. The van der Waals surface area contributed by atoms with Crippen LogP contribution in [0, 0.1) is 11.8 Å². The van der Waals surface area contributed by atoms with Gasteiger partial charge in [0.05, 0.1) is 0 Å². The van der Waals surface area contributed by atoms with Crippen LogP contribution in [0.15, 0.2) is 0 Å². The summed E-state index contributed by atoms with van der Waals surface area (Å²) in [5.74, 6) is 1.51. The Bertz CT molecular complexity index is 191. The van der Waals surface area contributed by atoms with Crippen molar-refractivity contribution in [3.63, 3.8) is 0 Å². The van der Waals surface area contributed by atoms with Crippen LogP contribution in [0.5, 0.6) is 0 Å². The first-order chi connectivity index (χ1) is 10.1. The Kier molecular flexibility index (Phi) is 45.7. The van der Waals surface area contributed by atoms with Crippen molar-refractivity contribution in [1.29, 1.82) is 0 Å². The third-order valence-electron chi connectivity index (χ3n) is 3.23. The Morgan fingerprint density at radius 2 is 0.680 bits per heavy atom. The van der Waals surface area contributed by atoms with Crippen LogP contribution in [0.25, 0.3) is 0 Å². The molecule has 25 heavy (non-hydrogen) atoms. The number of rotatable bonds is 16. The van der Waals surface area contributed by atoms with Crippen molar-refractivity contribution >= 4 is 67.9 Å². The van der Waals surface area contributed by atoms with E-state index < -0.39 is 0 Å². The van der Waals surface area contributed by atoms with E-state index >= 15 is 0 Å². The molecule has 8 heteroatoms. The summed E-state index contributed by atoms with van der Waals surface area (Å²) in [7, 11) is 0. The molecule has 0 aliphatic rings. The molecule has 0 atom stereocenters. The molecule has 0 saturated heterocycles. The van der Waals surface area contributed by atoms with E-state index in [9.17, 15) is 0 Å². The zero-order valence-corrected chi connectivity index (χ0v) is 23.4. The average Bonchev–Trinajstić information content (AvgIpc) is 2.42. The lowest BCUT2D eigenvalue weighted by molar-refractivity contribution is 0.516. The van der Waals surface area contributed by atoms with E-state index in [1.54, 1.807) is 0 Å². The summed E-state index contributed by atoms with van der Waals surface area (Å²) in [6, 6.07) is 0. The number of nitrogens with one attached hydrogen (secondary N) is 4. The van der Waals surface area contributed by atoms with E-state index in [0.717, 1.165) is 64.2 Å². The molecule has 0 unspecified atom stereocenters. The van der Waals surface area contributed by atoms with Gasteiger partial charge in [0, 0.05) is 0 Å². The van der Waals surface area contributed by atoms with Crippen molar-refractivity contribution in [2.75, 3.05) is 52.4 Å². The van der Waals surface area contributed by atoms with Crippen molar-refractivity contribution in [3.8, 4) is 0 Å². The molecule has 0 aliphatic heterocycles. The molecule has 0 aromatic heterocycles. The van der Waals surface area contributed by atoms with E-state index in [4.69, 9.17) is 0 Å². The lowest BCUT2D eigenvalue weighted by atomic mass is 10.2. The largest absolute Gasteiger partial charge is 0.317 e. The van der Waals surface area contributed by atoms with Gasteiger partial charge in [0.25, 0.3) is 0 Å². The Balaban J connectivity index is -0.000000333. The first kappa shape index (κ1) is 37.5. The van der Waals surface area contributed by atoms with Gasteiger partial charge in [-0.25, -0.2) is 0 Å². The standard InChI is InChI=1S/C17H40N4.4BrH/c1-16(2)14-20-12-6-10-18-8-5-9-19-11-7-13-21-15-17(3)4;;;;/h16-21H,5-15H2,1-4H3;4*1H. The van der Waals surface area contributed by atoms with Crippen LogP contribution < -0.4 is 21.3 Å². The zero-order valence-electron chi connectivity index (χ0n) is 16.6. The normalized spacial score (nSPS) is 9.84. The third-order valence-corrected chi connectivity index (χ3v) is 3.23. The molecule has 0 amide bonds. The molecular weight excluding hydrogens is 580 g/mol. The van der Waals surface area contributed by atoms with Crippen molar-refractivity contribution in [3.05, 3.63) is 0 Å². The van der Waals surface area contributed by atoms with Gasteiger partial charge < -0.3 is 21.3 Å². The minimum absolute atomic E-state index is 0. The van der Waals surface area contributed by atoms with Crippen LogP contribution in [0.4, 0.5) is 0 Å². The molecule has 4 N–H and O–H groups in total. The quantitative estimate of drug-likeness (QED) is 0.195. The monoisotopic (exact) mass is 620 g/mol. The molecule has 0 bridgehead atoms. The SMILES string of the molecule is Br.Br.Br.Br.CC(C)CNCCCNCCCNCCCNCC(C)C. The Hall–Kier alpha value is 1.76. The molecule has 0 heterocycles. The van der Waals surface area contributed by atoms with E-state index in [1.165, 1.54) is 19.3 Å². The van der Waals surface area contributed by atoms with Crippen LogP contribution in [0.3, 0.4) is 0 Å². The Morgan fingerprint density at radius 3 is 0.920 bits per heavy atom. The second kappa shape index (κ2) is 30.5. The van der Waals surface area contributed by atoms with Gasteiger partial charge in [-0.2, -0.15) is 0 Å². The smallest absolute Gasteiger partial charge is 0.00258 e. The van der Waals surface area contributed by atoms with Gasteiger partial charge in [0.15, 0.2) is 0 Å². The second-order valence-corrected chi connectivity index (χ2v) is 6.76. The minimum atomic E-state index is 0. The Morgan fingerprint density at radius 1 is 0.440 bits per heavy atom. The second-order valence-electron chi connectivity index (χ2n) is 6.76. The summed E-state index contributed by atoms with van der Waals surface area (Å²) in [5.41, 5.74) is 0. The fourth-order valence-corrected chi connectivity index (χ4v) is 2.05. The topological polar surface area (TPSA) is 48.1 Å². The zero-order chi connectivity index (χ0) is 15.8. The van der Waals surface area contributed by atoms with Crippen molar-refractivity contribution in [1.82, 2.24) is 21.3 Å². The molecule has 0 radical (unpaired) electrons.